The fourth-order valence-electron chi connectivity index (χ4n) is 3.13. The van der Waals surface area contributed by atoms with Gasteiger partial charge >= 0.3 is 0 Å². The topological polar surface area (TPSA) is 77.0 Å². The lowest BCUT2D eigenvalue weighted by molar-refractivity contribution is 0.323. The zero-order valence-electron chi connectivity index (χ0n) is 17.6. The van der Waals surface area contributed by atoms with Gasteiger partial charge in [0, 0.05) is 31.7 Å². The molecule has 0 amide bonds. The molecule has 1 heterocycles. The van der Waals surface area contributed by atoms with Crippen molar-refractivity contribution in [3.05, 3.63) is 59.8 Å². The minimum atomic E-state index is 0. The van der Waals surface area contributed by atoms with Gasteiger partial charge in [0.25, 0.3) is 0 Å². The molecular formula is C22H27IN4O3. The van der Waals surface area contributed by atoms with E-state index >= 15 is 0 Å². The molecule has 0 bridgehead atoms. The van der Waals surface area contributed by atoms with E-state index in [4.69, 9.17) is 14.2 Å². The Morgan fingerprint density at radius 2 is 1.60 bits per heavy atom. The molecule has 0 unspecified atom stereocenters. The number of pyridine rings is 1. The first-order valence-corrected chi connectivity index (χ1v) is 9.26. The minimum absolute atomic E-state index is 0. The summed E-state index contributed by atoms with van der Waals surface area (Å²) in [5, 5.41) is 7.77. The van der Waals surface area contributed by atoms with Gasteiger partial charge in [-0.2, -0.15) is 0 Å². The summed E-state index contributed by atoms with van der Waals surface area (Å²) in [6, 6.07) is 14.0. The number of fused-ring (bicyclic) bond motifs is 1. The van der Waals surface area contributed by atoms with Crippen LogP contribution in [0, 0.1) is 0 Å². The van der Waals surface area contributed by atoms with Crippen LogP contribution in [0.4, 0.5) is 0 Å². The zero-order chi connectivity index (χ0) is 20.6. The summed E-state index contributed by atoms with van der Waals surface area (Å²) in [4.78, 5) is 8.80. The van der Waals surface area contributed by atoms with Crippen LogP contribution in [0.5, 0.6) is 17.2 Å². The molecule has 2 N–H and O–H groups in total. The Hall–Kier alpha value is -2.75. The van der Waals surface area contributed by atoms with Crippen molar-refractivity contribution in [2.24, 2.45) is 4.99 Å². The van der Waals surface area contributed by atoms with Crippen molar-refractivity contribution >= 4 is 40.8 Å². The summed E-state index contributed by atoms with van der Waals surface area (Å²) in [7, 11) is 6.54. The van der Waals surface area contributed by atoms with E-state index in [9.17, 15) is 0 Å². The van der Waals surface area contributed by atoms with E-state index in [0.29, 0.717) is 36.3 Å². The number of ether oxygens (including phenoxy) is 3. The van der Waals surface area contributed by atoms with Crippen LogP contribution in [0.15, 0.2) is 53.7 Å². The maximum Gasteiger partial charge on any atom is 0.203 e. The van der Waals surface area contributed by atoms with Crippen LogP contribution < -0.4 is 24.8 Å². The number of methoxy groups -OCH3 is 3. The molecule has 0 radical (unpaired) electrons. The lowest BCUT2D eigenvalue weighted by Gasteiger charge is -2.16. The molecule has 1 aromatic heterocycles. The third-order valence-corrected chi connectivity index (χ3v) is 4.57. The summed E-state index contributed by atoms with van der Waals surface area (Å²) in [6.07, 6.45) is 1.81. The second kappa shape index (κ2) is 11.4. The van der Waals surface area contributed by atoms with Gasteiger partial charge in [-0.15, -0.1) is 24.0 Å². The van der Waals surface area contributed by atoms with Gasteiger partial charge in [-0.05, 0) is 29.3 Å². The summed E-state index contributed by atoms with van der Waals surface area (Å²) < 4.78 is 16.2. The van der Waals surface area contributed by atoms with Gasteiger partial charge in [0.1, 0.15) is 0 Å². The zero-order valence-corrected chi connectivity index (χ0v) is 19.9. The highest BCUT2D eigenvalue weighted by atomic mass is 127. The van der Waals surface area contributed by atoms with Gasteiger partial charge in [0.05, 0.1) is 26.8 Å². The molecule has 0 aliphatic carbocycles. The van der Waals surface area contributed by atoms with Crippen LogP contribution in [0.2, 0.25) is 0 Å². The average Bonchev–Trinajstić information content (AvgIpc) is 2.78. The van der Waals surface area contributed by atoms with Gasteiger partial charge in [-0.25, -0.2) is 0 Å². The lowest BCUT2D eigenvalue weighted by atomic mass is 10.1. The monoisotopic (exact) mass is 522 g/mol. The Morgan fingerprint density at radius 3 is 2.23 bits per heavy atom. The second-order valence-electron chi connectivity index (χ2n) is 6.31. The fourth-order valence-corrected chi connectivity index (χ4v) is 3.13. The molecule has 3 aromatic rings. The van der Waals surface area contributed by atoms with E-state index in [2.05, 4.69) is 38.8 Å². The van der Waals surface area contributed by atoms with Crippen LogP contribution in [0.25, 0.3) is 10.9 Å². The van der Waals surface area contributed by atoms with E-state index in [1.54, 1.807) is 28.4 Å². The molecule has 0 atom stereocenters. The summed E-state index contributed by atoms with van der Waals surface area (Å²) >= 11 is 0. The van der Waals surface area contributed by atoms with Crippen molar-refractivity contribution in [3.63, 3.8) is 0 Å². The average molecular weight is 522 g/mol. The molecule has 0 aliphatic heterocycles. The number of guanidine groups is 1. The lowest BCUT2D eigenvalue weighted by Crippen LogP contribution is -2.36. The summed E-state index contributed by atoms with van der Waals surface area (Å²) in [5.41, 5.74) is 3.08. The first kappa shape index (κ1) is 23.5. The number of nitrogens with one attached hydrogen (secondary N) is 2. The molecule has 3 rings (SSSR count). The number of nitrogens with zero attached hydrogens (tertiary/aromatic N) is 2. The van der Waals surface area contributed by atoms with E-state index in [1.807, 2.05) is 30.5 Å². The SMILES string of the molecule is CN=C(NCc1cc(OC)c(OC)c(OC)c1)NCc1cccc2cccnc12.I. The smallest absolute Gasteiger partial charge is 0.203 e. The van der Waals surface area contributed by atoms with Crippen LogP contribution in [-0.4, -0.2) is 39.3 Å². The molecule has 0 saturated heterocycles. The summed E-state index contributed by atoms with van der Waals surface area (Å²) in [5.74, 6) is 2.50. The molecule has 160 valence electrons. The number of hydrogen-bond donors (Lipinski definition) is 2. The number of halogens is 1. The first-order valence-electron chi connectivity index (χ1n) is 9.26. The molecule has 2 aromatic carbocycles. The molecule has 8 heteroatoms. The highest BCUT2D eigenvalue weighted by Crippen LogP contribution is 2.38. The van der Waals surface area contributed by atoms with Crippen molar-refractivity contribution in [2.45, 2.75) is 13.1 Å². The predicted molar refractivity (Wildman–Crippen MR) is 130 cm³/mol. The largest absolute Gasteiger partial charge is 0.493 e. The second-order valence-corrected chi connectivity index (χ2v) is 6.31. The van der Waals surface area contributed by atoms with E-state index in [-0.39, 0.29) is 24.0 Å². The Balaban J connectivity index is 0.00000320. The molecule has 7 nitrogen and oxygen atoms in total. The molecular weight excluding hydrogens is 495 g/mol. The Morgan fingerprint density at radius 1 is 0.933 bits per heavy atom. The summed E-state index contributed by atoms with van der Waals surface area (Å²) in [6.45, 7) is 1.16. The molecule has 0 aliphatic rings. The van der Waals surface area contributed by atoms with Crippen LogP contribution in [0.1, 0.15) is 11.1 Å². The third-order valence-electron chi connectivity index (χ3n) is 4.57. The highest BCUT2D eigenvalue weighted by molar-refractivity contribution is 14.0. The van der Waals surface area contributed by atoms with Crippen LogP contribution >= 0.6 is 24.0 Å². The van der Waals surface area contributed by atoms with E-state index < -0.39 is 0 Å². The maximum atomic E-state index is 5.41. The van der Waals surface area contributed by atoms with Crippen LogP contribution in [0.3, 0.4) is 0 Å². The van der Waals surface area contributed by atoms with Gasteiger partial charge in [-0.3, -0.25) is 9.98 Å². The number of hydrogen-bond acceptors (Lipinski definition) is 5. The van der Waals surface area contributed by atoms with Crippen LogP contribution in [-0.2, 0) is 13.1 Å². The number of aliphatic imine (C=N–C) groups is 1. The van der Waals surface area contributed by atoms with Crippen molar-refractivity contribution in [3.8, 4) is 17.2 Å². The van der Waals surface area contributed by atoms with Gasteiger partial charge < -0.3 is 24.8 Å². The number of rotatable bonds is 7. The Kier molecular flexibility index (Phi) is 8.97. The van der Waals surface area contributed by atoms with Crippen molar-refractivity contribution in [1.82, 2.24) is 15.6 Å². The molecule has 0 saturated carbocycles. The molecule has 0 fully saturated rings. The number of benzene rings is 2. The fraction of sp³-hybridized carbons (Fsp3) is 0.273. The van der Waals surface area contributed by atoms with E-state index in [0.717, 1.165) is 22.0 Å². The van der Waals surface area contributed by atoms with Gasteiger partial charge in [0.2, 0.25) is 5.75 Å². The number of para-hydroxylation sites is 1. The highest BCUT2D eigenvalue weighted by Gasteiger charge is 2.13. The predicted octanol–water partition coefficient (Wildman–Crippen LogP) is 3.74. The maximum absolute atomic E-state index is 5.41. The Labute approximate surface area is 193 Å². The van der Waals surface area contributed by atoms with Crippen molar-refractivity contribution in [2.75, 3.05) is 28.4 Å². The van der Waals surface area contributed by atoms with Gasteiger partial charge in [0.15, 0.2) is 17.5 Å². The normalized spacial score (nSPS) is 10.9. The van der Waals surface area contributed by atoms with Gasteiger partial charge in [-0.1, -0.05) is 24.3 Å². The third kappa shape index (κ3) is 5.44. The molecule has 0 spiro atoms. The standard InChI is InChI=1S/C22H26N4O3.HI/c1-23-22(26-14-17-8-5-7-16-9-6-10-24-20(16)17)25-13-15-11-18(27-2)21(29-4)19(12-15)28-3;/h5-12H,13-14H2,1-4H3,(H2,23,25,26);1H. The van der Waals surface area contributed by atoms with Crippen molar-refractivity contribution < 1.29 is 14.2 Å². The quantitative estimate of drug-likeness (QED) is 0.280. The first-order chi connectivity index (χ1) is 14.2. The van der Waals surface area contributed by atoms with Crippen molar-refractivity contribution in [1.29, 1.82) is 0 Å². The minimum Gasteiger partial charge on any atom is -0.493 e. The van der Waals surface area contributed by atoms with E-state index in [1.165, 1.54) is 0 Å². The Bertz CT molecular complexity index is 980. The molecule has 30 heavy (non-hydrogen) atoms. The number of aromatic nitrogens is 1.